The van der Waals surface area contributed by atoms with E-state index in [2.05, 4.69) is 26.7 Å². The lowest BCUT2D eigenvalue weighted by molar-refractivity contribution is 0.601. The summed E-state index contributed by atoms with van der Waals surface area (Å²) in [6.07, 6.45) is 0. The Balaban J connectivity index is 2.32. The van der Waals surface area contributed by atoms with Crippen molar-refractivity contribution in [3.8, 4) is 0 Å². The van der Waals surface area contributed by atoms with Gasteiger partial charge in [-0.15, -0.1) is 0 Å². The molecule has 1 radical (unpaired) electrons. The topological polar surface area (TPSA) is 46.2 Å². The average Bonchev–Trinajstić information content (AvgIpc) is 2.30. The first-order valence-electron chi connectivity index (χ1n) is 4.82. The summed E-state index contributed by atoms with van der Waals surface area (Å²) >= 11 is 3.24. The van der Waals surface area contributed by atoms with Gasteiger partial charge in [0.15, 0.2) is 0 Å². The summed E-state index contributed by atoms with van der Waals surface area (Å²) < 4.78 is 27.2. The quantitative estimate of drug-likeness (QED) is 0.947. The molecule has 0 aromatic heterocycles. The molecule has 2 aromatic carbocycles. The van der Waals surface area contributed by atoms with Gasteiger partial charge < -0.3 is 0 Å². The van der Waals surface area contributed by atoms with E-state index >= 15 is 0 Å². The second-order valence-electron chi connectivity index (χ2n) is 3.35. The van der Waals surface area contributed by atoms with E-state index in [1.807, 2.05) is 0 Å². The van der Waals surface area contributed by atoms with Crippen LogP contribution in [0.4, 0.5) is 5.69 Å². The molecule has 0 aliphatic rings. The maximum absolute atomic E-state index is 12.0. The van der Waals surface area contributed by atoms with Gasteiger partial charge in [0.05, 0.1) is 4.90 Å². The fourth-order valence-electron chi connectivity index (χ4n) is 1.30. The minimum atomic E-state index is -3.53. The summed E-state index contributed by atoms with van der Waals surface area (Å²) in [5, 5.41) is 0. The number of rotatable bonds is 3. The molecular weight excluding hydrogens is 302 g/mol. The van der Waals surface area contributed by atoms with Gasteiger partial charge in [-0.1, -0.05) is 34.1 Å². The van der Waals surface area contributed by atoms with Crippen LogP contribution in [0.2, 0.25) is 0 Å². The summed E-state index contributed by atoms with van der Waals surface area (Å²) in [7, 11) is -3.53. The van der Waals surface area contributed by atoms with Crippen molar-refractivity contribution in [3.63, 3.8) is 0 Å². The Morgan fingerprint density at radius 2 is 1.82 bits per heavy atom. The highest BCUT2D eigenvalue weighted by molar-refractivity contribution is 9.10. The third kappa shape index (κ3) is 3.08. The van der Waals surface area contributed by atoms with Crippen LogP contribution in [-0.2, 0) is 10.0 Å². The van der Waals surface area contributed by atoms with E-state index in [1.54, 1.807) is 48.5 Å². The van der Waals surface area contributed by atoms with Gasteiger partial charge in [-0.2, -0.15) is 0 Å². The highest BCUT2D eigenvalue weighted by Crippen LogP contribution is 2.19. The molecule has 0 atom stereocenters. The van der Waals surface area contributed by atoms with Gasteiger partial charge in [0.2, 0.25) is 0 Å². The molecular formula is C12H9BrNO2S. The molecule has 5 heteroatoms. The van der Waals surface area contributed by atoms with Gasteiger partial charge in [0.25, 0.3) is 10.0 Å². The van der Waals surface area contributed by atoms with Crippen molar-refractivity contribution in [3.05, 3.63) is 59.1 Å². The van der Waals surface area contributed by atoms with Crippen LogP contribution >= 0.6 is 15.9 Å². The lowest BCUT2D eigenvalue weighted by Crippen LogP contribution is -2.12. The molecule has 0 heterocycles. The van der Waals surface area contributed by atoms with Crippen LogP contribution in [0.5, 0.6) is 0 Å². The van der Waals surface area contributed by atoms with Gasteiger partial charge in [-0.05, 0) is 36.4 Å². The minimum absolute atomic E-state index is 0.222. The third-order valence-corrected chi connectivity index (χ3v) is 3.95. The third-order valence-electron chi connectivity index (χ3n) is 2.08. The maximum Gasteiger partial charge on any atom is 0.261 e. The van der Waals surface area contributed by atoms with Gasteiger partial charge >= 0.3 is 0 Å². The van der Waals surface area contributed by atoms with Crippen molar-refractivity contribution in [1.82, 2.24) is 0 Å². The van der Waals surface area contributed by atoms with Gasteiger partial charge in [-0.25, -0.2) is 8.42 Å². The van der Waals surface area contributed by atoms with Gasteiger partial charge in [0.1, 0.15) is 0 Å². The predicted molar refractivity (Wildman–Crippen MR) is 70.2 cm³/mol. The molecule has 17 heavy (non-hydrogen) atoms. The molecule has 2 aromatic rings. The van der Waals surface area contributed by atoms with Crippen molar-refractivity contribution in [2.24, 2.45) is 0 Å². The first-order chi connectivity index (χ1) is 8.08. The molecule has 2 rings (SSSR count). The van der Waals surface area contributed by atoms with Crippen LogP contribution in [0, 0.1) is 6.07 Å². The summed E-state index contributed by atoms with van der Waals surface area (Å²) in [5.41, 5.74) is 0.517. The number of benzene rings is 2. The average molecular weight is 311 g/mol. The molecule has 0 spiro atoms. The monoisotopic (exact) mass is 310 g/mol. The number of sulfonamides is 1. The minimum Gasteiger partial charge on any atom is -0.280 e. The zero-order valence-corrected chi connectivity index (χ0v) is 11.1. The Kier molecular flexibility index (Phi) is 3.49. The molecule has 87 valence electrons. The number of nitrogens with one attached hydrogen (secondary N) is 1. The number of hydrogen-bond donors (Lipinski definition) is 1. The summed E-state index contributed by atoms with van der Waals surface area (Å²) in [5.74, 6) is 0. The van der Waals surface area contributed by atoms with E-state index in [0.29, 0.717) is 5.69 Å². The summed E-state index contributed by atoms with van der Waals surface area (Å²) in [6, 6.07) is 16.0. The van der Waals surface area contributed by atoms with Crippen LogP contribution < -0.4 is 4.72 Å². The van der Waals surface area contributed by atoms with E-state index in [-0.39, 0.29) is 4.90 Å². The Labute approximate surface area is 109 Å². The largest absolute Gasteiger partial charge is 0.280 e. The van der Waals surface area contributed by atoms with Crippen LogP contribution in [0.3, 0.4) is 0 Å². The highest BCUT2D eigenvalue weighted by atomic mass is 79.9. The Morgan fingerprint density at radius 3 is 2.47 bits per heavy atom. The predicted octanol–water partition coefficient (Wildman–Crippen LogP) is 3.05. The Morgan fingerprint density at radius 1 is 1.12 bits per heavy atom. The zero-order chi connectivity index (χ0) is 12.3. The molecule has 0 fully saturated rings. The molecule has 0 aliphatic heterocycles. The lowest BCUT2D eigenvalue weighted by Gasteiger charge is -2.07. The van der Waals surface area contributed by atoms with Crippen molar-refractivity contribution >= 4 is 31.6 Å². The molecule has 3 nitrogen and oxygen atoms in total. The molecule has 0 aliphatic carbocycles. The van der Waals surface area contributed by atoms with Crippen molar-refractivity contribution < 1.29 is 8.42 Å². The maximum atomic E-state index is 12.0. The van der Waals surface area contributed by atoms with Crippen molar-refractivity contribution in [2.45, 2.75) is 4.90 Å². The normalized spacial score (nSPS) is 11.1. The van der Waals surface area contributed by atoms with Crippen molar-refractivity contribution in [2.75, 3.05) is 4.72 Å². The van der Waals surface area contributed by atoms with Crippen LogP contribution in [0.25, 0.3) is 0 Å². The van der Waals surface area contributed by atoms with E-state index in [0.717, 1.165) is 4.47 Å². The second-order valence-corrected chi connectivity index (χ2v) is 5.95. The molecule has 0 bridgehead atoms. The molecule has 0 saturated heterocycles. The summed E-state index contributed by atoms with van der Waals surface area (Å²) in [4.78, 5) is 0.222. The fourth-order valence-corrected chi connectivity index (χ4v) is 2.96. The fraction of sp³-hybridized carbons (Fsp3) is 0. The Bertz CT molecular complexity index is 611. The molecule has 0 saturated carbocycles. The van der Waals surface area contributed by atoms with E-state index in [1.165, 1.54) is 0 Å². The van der Waals surface area contributed by atoms with Crippen molar-refractivity contribution in [1.29, 1.82) is 0 Å². The second kappa shape index (κ2) is 4.89. The SMILES string of the molecule is O=S(=O)(Nc1cc[c]cc1)c1cccc(Br)c1. The first kappa shape index (κ1) is 12.1. The number of hydrogen-bond acceptors (Lipinski definition) is 2. The number of anilines is 1. The van der Waals surface area contributed by atoms with Gasteiger partial charge in [-0.3, -0.25) is 4.72 Å². The van der Waals surface area contributed by atoms with E-state index in [4.69, 9.17) is 0 Å². The van der Waals surface area contributed by atoms with Crippen LogP contribution in [0.1, 0.15) is 0 Å². The molecule has 1 N–H and O–H groups in total. The Hall–Kier alpha value is -1.33. The first-order valence-corrected chi connectivity index (χ1v) is 7.10. The van der Waals surface area contributed by atoms with Crippen LogP contribution in [-0.4, -0.2) is 8.42 Å². The van der Waals surface area contributed by atoms with E-state index in [9.17, 15) is 8.42 Å². The van der Waals surface area contributed by atoms with E-state index < -0.39 is 10.0 Å². The molecule has 0 unspecified atom stereocenters. The smallest absolute Gasteiger partial charge is 0.261 e. The van der Waals surface area contributed by atoms with Gasteiger partial charge in [0, 0.05) is 10.2 Å². The summed E-state index contributed by atoms with van der Waals surface area (Å²) in [6.45, 7) is 0. The highest BCUT2D eigenvalue weighted by Gasteiger charge is 2.13. The standard InChI is InChI=1S/C12H9BrNO2S/c13-10-5-4-8-12(9-10)17(15,16)14-11-6-2-1-3-7-11/h2-9,14H. The lowest BCUT2D eigenvalue weighted by atomic mass is 10.3. The molecule has 0 amide bonds. The van der Waals surface area contributed by atoms with Crippen LogP contribution in [0.15, 0.2) is 57.9 Å². The zero-order valence-electron chi connectivity index (χ0n) is 8.72. The number of halogens is 1.